The molecule has 1 unspecified atom stereocenters. The first-order valence-corrected chi connectivity index (χ1v) is 13.3. The van der Waals surface area contributed by atoms with Crippen LogP contribution in [0.25, 0.3) is 0 Å². The number of nitrogens with one attached hydrogen (secondary N) is 1. The summed E-state index contributed by atoms with van der Waals surface area (Å²) in [6.45, 7) is 5.41. The zero-order valence-corrected chi connectivity index (χ0v) is 20.9. The number of aryl methyl sites for hydroxylation is 4. The summed E-state index contributed by atoms with van der Waals surface area (Å²) < 4.78 is 28.4. The number of carbonyl (C=O) groups excluding carboxylic acids is 1. The molecule has 0 heterocycles. The summed E-state index contributed by atoms with van der Waals surface area (Å²) in [5, 5.41) is 3.02. The molecule has 3 aromatic carbocycles. The highest BCUT2D eigenvalue weighted by atomic mass is 32.2. The molecule has 34 heavy (non-hydrogen) atoms. The smallest absolute Gasteiger partial charge is 0.264 e. The molecule has 6 heteroatoms. The van der Waals surface area contributed by atoms with E-state index in [2.05, 4.69) is 23.5 Å². The summed E-state index contributed by atoms with van der Waals surface area (Å²) in [7, 11) is -3.93. The summed E-state index contributed by atoms with van der Waals surface area (Å²) in [6, 6.07) is 20.1. The molecular weight excluding hydrogens is 444 g/mol. The van der Waals surface area contributed by atoms with Crippen LogP contribution in [0.5, 0.6) is 0 Å². The van der Waals surface area contributed by atoms with E-state index in [-0.39, 0.29) is 23.4 Å². The van der Waals surface area contributed by atoms with Gasteiger partial charge in [0.1, 0.15) is 6.54 Å². The number of hydrogen-bond donors (Lipinski definition) is 1. The minimum atomic E-state index is -3.93. The third kappa shape index (κ3) is 5.17. The second-order valence-electron chi connectivity index (χ2n) is 9.14. The van der Waals surface area contributed by atoms with Crippen molar-refractivity contribution in [3.8, 4) is 0 Å². The Bertz CT molecular complexity index is 1290. The summed E-state index contributed by atoms with van der Waals surface area (Å²) in [5.74, 6) is -0.342. The van der Waals surface area contributed by atoms with Crippen molar-refractivity contribution >= 4 is 21.6 Å². The lowest BCUT2D eigenvalue weighted by atomic mass is 9.89. The Hall–Kier alpha value is -3.12. The van der Waals surface area contributed by atoms with Gasteiger partial charge < -0.3 is 5.32 Å². The van der Waals surface area contributed by atoms with Gasteiger partial charge in [0, 0.05) is 0 Å². The van der Waals surface area contributed by atoms with Crippen LogP contribution in [0.15, 0.2) is 71.6 Å². The number of amides is 1. The highest BCUT2D eigenvalue weighted by Gasteiger charge is 2.29. The number of hydrogen-bond acceptors (Lipinski definition) is 3. The zero-order chi connectivity index (χ0) is 24.3. The molecule has 0 fully saturated rings. The average molecular weight is 477 g/mol. The summed E-state index contributed by atoms with van der Waals surface area (Å²) in [4.78, 5) is 13.3. The van der Waals surface area contributed by atoms with Crippen molar-refractivity contribution in [1.82, 2.24) is 5.32 Å². The first-order chi connectivity index (χ1) is 16.3. The van der Waals surface area contributed by atoms with Crippen LogP contribution in [0.3, 0.4) is 0 Å². The van der Waals surface area contributed by atoms with Crippen molar-refractivity contribution in [2.24, 2.45) is 0 Å². The number of anilines is 1. The molecule has 0 aliphatic heterocycles. The fourth-order valence-corrected chi connectivity index (χ4v) is 6.03. The van der Waals surface area contributed by atoms with Crippen molar-refractivity contribution in [2.75, 3.05) is 10.8 Å². The van der Waals surface area contributed by atoms with Gasteiger partial charge in [-0.15, -0.1) is 0 Å². The average Bonchev–Trinajstić information content (AvgIpc) is 2.84. The van der Waals surface area contributed by atoms with E-state index in [0.29, 0.717) is 5.69 Å². The van der Waals surface area contributed by atoms with Crippen molar-refractivity contribution in [3.63, 3.8) is 0 Å². The van der Waals surface area contributed by atoms with E-state index in [0.717, 1.165) is 29.5 Å². The topological polar surface area (TPSA) is 66.5 Å². The first-order valence-electron chi connectivity index (χ1n) is 11.8. The van der Waals surface area contributed by atoms with Gasteiger partial charge in [-0.2, -0.15) is 0 Å². The number of benzene rings is 3. The van der Waals surface area contributed by atoms with Crippen LogP contribution in [0.1, 0.15) is 53.6 Å². The lowest BCUT2D eigenvalue weighted by Gasteiger charge is -2.27. The van der Waals surface area contributed by atoms with Gasteiger partial charge in [0.2, 0.25) is 5.91 Å². The Morgan fingerprint density at radius 3 is 2.38 bits per heavy atom. The standard InChI is InChI=1S/C28H32N2O3S/c1-20-13-14-21(2)27(17-20)30(34(32,33)26-11-5-4-6-12-26)19-28(31)29-22(3)24-16-15-23-9-7-8-10-25(23)18-24/h4-6,11-18,22H,7-10,19H2,1-3H3,(H,29,31). The van der Waals surface area contributed by atoms with Crippen LogP contribution in [0.4, 0.5) is 5.69 Å². The normalized spacial score (nSPS) is 14.2. The monoisotopic (exact) mass is 476 g/mol. The van der Waals surface area contributed by atoms with Gasteiger partial charge in [-0.25, -0.2) is 8.42 Å². The molecule has 5 nitrogen and oxygen atoms in total. The predicted octanol–water partition coefficient (Wildman–Crippen LogP) is 5.25. The van der Waals surface area contributed by atoms with Gasteiger partial charge in [0.05, 0.1) is 16.6 Å². The molecule has 1 N–H and O–H groups in total. The molecule has 0 saturated carbocycles. The van der Waals surface area contributed by atoms with E-state index in [4.69, 9.17) is 0 Å². The van der Waals surface area contributed by atoms with Crippen LogP contribution in [-0.4, -0.2) is 20.9 Å². The van der Waals surface area contributed by atoms with Crippen molar-refractivity contribution in [2.45, 2.75) is 57.4 Å². The van der Waals surface area contributed by atoms with Gasteiger partial charge in [-0.05, 0) is 92.5 Å². The third-order valence-corrected chi connectivity index (χ3v) is 8.28. The Balaban J connectivity index is 1.60. The maximum absolute atomic E-state index is 13.6. The molecule has 1 aliphatic rings. The maximum atomic E-state index is 13.6. The molecule has 1 atom stereocenters. The van der Waals surface area contributed by atoms with Gasteiger partial charge >= 0.3 is 0 Å². The second-order valence-corrected chi connectivity index (χ2v) is 11.0. The van der Waals surface area contributed by atoms with E-state index >= 15 is 0 Å². The maximum Gasteiger partial charge on any atom is 0.264 e. The van der Waals surface area contributed by atoms with Crippen LogP contribution in [0, 0.1) is 13.8 Å². The van der Waals surface area contributed by atoms with Crippen molar-refractivity contribution < 1.29 is 13.2 Å². The highest BCUT2D eigenvalue weighted by molar-refractivity contribution is 7.92. The zero-order valence-electron chi connectivity index (χ0n) is 20.0. The Kier molecular flexibility index (Phi) is 7.08. The number of rotatable bonds is 7. The van der Waals surface area contributed by atoms with E-state index in [9.17, 15) is 13.2 Å². The molecule has 178 valence electrons. The third-order valence-electron chi connectivity index (χ3n) is 6.50. The molecule has 0 spiro atoms. The Morgan fingerprint density at radius 2 is 1.65 bits per heavy atom. The Labute approximate surface area is 202 Å². The molecule has 0 radical (unpaired) electrons. The minimum Gasteiger partial charge on any atom is -0.348 e. The van der Waals surface area contributed by atoms with Crippen molar-refractivity contribution in [1.29, 1.82) is 0 Å². The Morgan fingerprint density at radius 1 is 0.941 bits per heavy atom. The number of sulfonamides is 1. The molecule has 1 amide bonds. The highest BCUT2D eigenvalue weighted by Crippen LogP contribution is 2.28. The van der Waals surface area contributed by atoms with Crippen LogP contribution < -0.4 is 9.62 Å². The predicted molar refractivity (Wildman–Crippen MR) is 137 cm³/mol. The van der Waals surface area contributed by atoms with Gasteiger partial charge in [0.15, 0.2) is 0 Å². The summed E-state index contributed by atoms with van der Waals surface area (Å²) in [6.07, 6.45) is 4.60. The molecular formula is C28H32N2O3S. The number of nitrogens with zero attached hydrogens (tertiary/aromatic N) is 1. The van der Waals surface area contributed by atoms with Crippen LogP contribution in [-0.2, 0) is 27.7 Å². The van der Waals surface area contributed by atoms with Crippen LogP contribution in [0.2, 0.25) is 0 Å². The first kappa shape index (κ1) is 24.0. The number of carbonyl (C=O) groups is 1. The summed E-state index contributed by atoms with van der Waals surface area (Å²) >= 11 is 0. The summed E-state index contributed by atoms with van der Waals surface area (Å²) in [5.41, 5.74) is 6.02. The lowest BCUT2D eigenvalue weighted by Crippen LogP contribution is -2.42. The van der Waals surface area contributed by atoms with Crippen LogP contribution >= 0.6 is 0 Å². The van der Waals surface area contributed by atoms with Crippen molar-refractivity contribution in [3.05, 3.63) is 94.5 Å². The van der Waals surface area contributed by atoms with Gasteiger partial charge in [-0.3, -0.25) is 9.10 Å². The largest absolute Gasteiger partial charge is 0.348 e. The SMILES string of the molecule is Cc1ccc(C)c(N(CC(=O)NC(C)c2ccc3c(c2)CCCC3)S(=O)(=O)c2ccccc2)c1. The van der Waals surface area contributed by atoms with E-state index in [1.54, 1.807) is 30.3 Å². The quantitative estimate of drug-likeness (QED) is 0.506. The molecule has 1 aliphatic carbocycles. The van der Waals surface area contributed by atoms with E-state index < -0.39 is 10.0 Å². The molecule has 3 aromatic rings. The fourth-order valence-electron chi connectivity index (χ4n) is 4.53. The molecule has 4 rings (SSSR count). The number of fused-ring (bicyclic) bond motifs is 1. The molecule has 0 bridgehead atoms. The fraction of sp³-hybridized carbons (Fsp3) is 0.321. The van der Waals surface area contributed by atoms with Gasteiger partial charge in [-0.1, -0.05) is 48.5 Å². The molecule has 0 aromatic heterocycles. The molecule has 0 saturated heterocycles. The lowest BCUT2D eigenvalue weighted by molar-refractivity contribution is -0.120. The van der Waals surface area contributed by atoms with Gasteiger partial charge in [0.25, 0.3) is 10.0 Å². The van der Waals surface area contributed by atoms with E-state index in [1.165, 1.54) is 28.3 Å². The van der Waals surface area contributed by atoms with E-state index in [1.807, 2.05) is 39.0 Å². The second kappa shape index (κ2) is 10.0. The minimum absolute atomic E-state index is 0.159.